The fourth-order valence-corrected chi connectivity index (χ4v) is 7.25. The summed E-state index contributed by atoms with van der Waals surface area (Å²) in [6.45, 7) is 4.51. The van der Waals surface area contributed by atoms with Crippen LogP contribution in [0.4, 0.5) is 4.39 Å². The van der Waals surface area contributed by atoms with Crippen LogP contribution in [0.25, 0.3) is 16.5 Å². The Balaban J connectivity index is 1.22. The predicted molar refractivity (Wildman–Crippen MR) is 173 cm³/mol. The largest absolute Gasteiger partial charge is 0.368 e. The Morgan fingerprint density at radius 3 is 2.57 bits per heavy atom. The third-order valence-corrected chi connectivity index (χ3v) is 9.68. The first kappa shape index (κ1) is 31.5. The summed E-state index contributed by atoms with van der Waals surface area (Å²) in [5.41, 5.74) is 10.8. The highest BCUT2D eigenvalue weighted by Gasteiger charge is 2.39. The van der Waals surface area contributed by atoms with E-state index in [1.165, 1.54) is 28.0 Å². The second kappa shape index (κ2) is 12.7. The minimum Gasteiger partial charge on any atom is -0.368 e. The Morgan fingerprint density at radius 1 is 1.09 bits per heavy atom. The summed E-state index contributed by atoms with van der Waals surface area (Å²) in [5, 5.41) is 7.02. The molecule has 3 heterocycles. The van der Waals surface area contributed by atoms with Crippen LogP contribution in [0.3, 0.4) is 0 Å². The van der Waals surface area contributed by atoms with Crippen molar-refractivity contribution >= 4 is 40.1 Å². The zero-order valence-electron chi connectivity index (χ0n) is 26.4. The Kier molecular flexibility index (Phi) is 8.69. The van der Waals surface area contributed by atoms with E-state index in [2.05, 4.69) is 38.8 Å². The van der Waals surface area contributed by atoms with Crippen LogP contribution >= 0.6 is 0 Å². The minimum absolute atomic E-state index is 0.0825. The van der Waals surface area contributed by atoms with Gasteiger partial charge in [-0.25, -0.2) is 4.39 Å². The molecular weight excluding hydrogens is 587 g/mol. The van der Waals surface area contributed by atoms with Crippen molar-refractivity contribution in [3.63, 3.8) is 0 Å². The number of aromatic nitrogens is 1. The van der Waals surface area contributed by atoms with E-state index in [1.807, 2.05) is 33.0 Å². The maximum atomic E-state index is 13.8. The van der Waals surface area contributed by atoms with E-state index in [0.717, 1.165) is 23.1 Å². The van der Waals surface area contributed by atoms with Gasteiger partial charge >= 0.3 is 0 Å². The number of fused-ring (bicyclic) bond motifs is 2. The van der Waals surface area contributed by atoms with E-state index in [-0.39, 0.29) is 24.3 Å². The van der Waals surface area contributed by atoms with Crippen LogP contribution in [0.2, 0.25) is 0 Å². The lowest BCUT2D eigenvalue weighted by Gasteiger charge is -2.39. The molecule has 0 bridgehead atoms. The lowest BCUT2D eigenvalue weighted by molar-refractivity contribution is -0.141. The number of benzene rings is 2. The molecule has 5 N–H and O–H groups in total. The van der Waals surface area contributed by atoms with Crippen molar-refractivity contribution in [2.45, 2.75) is 63.7 Å². The highest BCUT2D eigenvalue weighted by Crippen LogP contribution is 2.40. The van der Waals surface area contributed by atoms with Crippen LogP contribution in [-0.2, 0) is 32.0 Å². The number of rotatable bonds is 9. The average Bonchev–Trinajstić information content (AvgIpc) is 3.69. The number of carbonyl (C=O) groups is 4. The molecule has 1 saturated heterocycles. The zero-order valence-corrected chi connectivity index (χ0v) is 26.4. The van der Waals surface area contributed by atoms with Gasteiger partial charge in [0, 0.05) is 42.7 Å². The SMILES string of the molecule is CC(C)[C@H](NC(=O)[C@@H]1C=C2c3cccc4[nH]cc(c34)C[C@H]2N(C)C1)C(=O)N[C@@H](Cc1ccc(F)cc1)C(=O)N1CCC[C@H]1C(N)=O. The third kappa shape index (κ3) is 6.03. The molecule has 0 radical (unpaired) electrons. The van der Waals surface area contributed by atoms with Gasteiger partial charge in [0.05, 0.1) is 5.92 Å². The van der Waals surface area contributed by atoms with E-state index in [4.69, 9.17) is 5.73 Å². The summed E-state index contributed by atoms with van der Waals surface area (Å²) in [5.74, 6) is -3.00. The number of likely N-dealkylation sites (tertiary alicyclic amines) is 1. The lowest BCUT2D eigenvalue weighted by atomic mass is 9.79. The maximum absolute atomic E-state index is 13.8. The molecule has 0 unspecified atom stereocenters. The fraction of sp³-hybridized carbons (Fsp3) is 0.429. The molecular formula is C35H41FN6O4. The van der Waals surface area contributed by atoms with Gasteiger partial charge in [-0.3, -0.25) is 24.1 Å². The number of nitrogens with two attached hydrogens (primary N) is 1. The second-order valence-electron chi connectivity index (χ2n) is 13.1. The zero-order chi connectivity index (χ0) is 32.7. The summed E-state index contributed by atoms with van der Waals surface area (Å²) in [6.07, 6.45) is 6.11. The molecule has 2 aliphatic heterocycles. The Hall–Kier alpha value is -4.51. The van der Waals surface area contributed by atoms with Crippen LogP contribution in [0, 0.1) is 17.7 Å². The number of primary amides is 1. The van der Waals surface area contributed by atoms with Gasteiger partial charge in [-0.1, -0.05) is 44.2 Å². The highest BCUT2D eigenvalue weighted by molar-refractivity contribution is 6.00. The first-order valence-electron chi connectivity index (χ1n) is 16.0. The molecule has 0 saturated carbocycles. The van der Waals surface area contributed by atoms with Crippen molar-refractivity contribution in [1.29, 1.82) is 0 Å². The van der Waals surface area contributed by atoms with Crippen LogP contribution in [0.1, 0.15) is 43.4 Å². The van der Waals surface area contributed by atoms with E-state index in [9.17, 15) is 23.6 Å². The molecule has 3 aromatic rings. The number of halogens is 1. The molecule has 5 atom stereocenters. The number of hydrogen-bond donors (Lipinski definition) is 4. The molecule has 11 heteroatoms. The smallest absolute Gasteiger partial charge is 0.246 e. The normalized spacial score (nSPS) is 22.2. The molecule has 4 amide bonds. The maximum Gasteiger partial charge on any atom is 0.246 e. The van der Waals surface area contributed by atoms with Crippen LogP contribution in [-0.4, -0.2) is 82.7 Å². The number of carbonyl (C=O) groups excluding carboxylic acids is 4. The summed E-state index contributed by atoms with van der Waals surface area (Å²) in [4.78, 5) is 60.5. The lowest BCUT2D eigenvalue weighted by Crippen LogP contribution is -2.58. The van der Waals surface area contributed by atoms with Crippen LogP contribution in [0.15, 0.2) is 54.7 Å². The van der Waals surface area contributed by atoms with Crippen LogP contribution in [0.5, 0.6) is 0 Å². The van der Waals surface area contributed by atoms with Crippen molar-refractivity contribution in [2.24, 2.45) is 17.6 Å². The predicted octanol–water partition coefficient (Wildman–Crippen LogP) is 2.52. The second-order valence-corrected chi connectivity index (χ2v) is 13.1. The number of aromatic amines is 1. The van der Waals surface area contributed by atoms with E-state index >= 15 is 0 Å². The van der Waals surface area contributed by atoms with Gasteiger partial charge in [-0.15, -0.1) is 0 Å². The van der Waals surface area contributed by atoms with Gasteiger partial charge in [0.15, 0.2) is 0 Å². The summed E-state index contributed by atoms with van der Waals surface area (Å²) < 4.78 is 13.6. The molecule has 1 aromatic heterocycles. The topological polar surface area (TPSA) is 141 Å². The van der Waals surface area contributed by atoms with Gasteiger partial charge in [0.1, 0.15) is 23.9 Å². The Labute approximate surface area is 267 Å². The standard InChI is InChI=1S/C35H41FN6O4/c1-19(2)31(34(45)39-27(14-20-9-11-23(36)12-10-20)35(46)42-13-5-8-28(42)32(37)43)40-33(44)22-15-25-24-6-4-7-26-30(24)21(17-38-26)16-29(25)41(3)18-22/h4,6-7,9-12,15,17,19,22,27-29,31,38H,5,8,13-14,16,18H2,1-3H3,(H2,37,43)(H,39,45)(H,40,44)/t22-,27+,28+,29-,31+/m1/s1. The number of nitrogens with one attached hydrogen (secondary N) is 3. The third-order valence-electron chi connectivity index (χ3n) is 9.68. The van der Waals surface area contributed by atoms with Crippen molar-refractivity contribution < 1.29 is 23.6 Å². The molecule has 2 aromatic carbocycles. The Bertz CT molecular complexity index is 1700. The molecule has 0 spiro atoms. The number of hydrogen-bond acceptors (Lipinski definition) is 5. The van der Waals surface area contributed by atoms with Gasteiger partial charge in [-0.2, -0.15) is 0 Å². The first-order chi connectivity index (χ1) is 22.0. The van der Waals surface area contributed by atoms with Crippen molar-refractivity contribution in [3.8, 4) is 0 Å². The van der Waals surface area contributed by atoms with Crippen LogP contribution < -0.4 is 16.4 Å². The quantitative estimate of drug-likeness (QED) is 0.288. The van der Waals surface area contributed by atoms with Gasteiger partial charge < -0.3 is 26.3 Å². The molecule has 242 valence electrons. The molecule has 1 fully saturated rings. The average molecular weight is 629 g/mol. The fourth-order valence-electron chi connectivity index (χ4n) is 7.25. The number of nitrogens with zero attached hydrogens (tertiary/aromatic N) is 2. The highest BCUT2D eigenvalue weighted by atomic mass is 19.1. The van der Waals surface area contributed by atoms with Gasteiger partial charge in [0.2, 0.25) is 23.6 Å². The first-order valence-corrected chi connectivity index (χ1v) is 16.0. The number of amides is 4. The summed E-state index contributed by atoms with van der Waals surface area (Å²) in [7, 11) is 2.02. The molecule has 46 heavy (non-hydrogen) atoms. The molecule has 10 nitrogen and oxygen atoms in total. The van der Waals surface area contributed by atoms with Crippen molar-refractivity contribution in [2.75, 3.05) is 20.1 Å². The molecule has 6 rings (SSSR count). The van der Waals surface area contributed by atoms with E-state index in [1.54, 1.807) is 12.1 Å². The Morgan fingerprint density at radius 2 is 1.85 bits per heavy atom. The van der Waals surface area contributed by atoms with Gasteiger partial charge in [0.25, 0.3) is 0 Å². The summed E-state index contributed by atoms with van der Waals surface area (Å²) >= 11 is 0. The monoisotopic (exact) mass is 628 g/mol. The van der Waals surface area contributed by atoms with E-state index in [0.29, 0.717) is 31.5 Å². The van der Waals surface area contributed by atoms with Crippen molar-refractivity contribution in [1.82, 2.24) is 25.4 Å². The van der Waals surface area contributed by atoms with E-state index < -0.39 is 47.6 Å². The molecule has 3 aliphatic rings. The van der Waals surface area contributed by atoms with Gasteiger partial charge in [-0.05, 0) is 72.7 Å². The molecule has 1 aliphatic carbocycles. The number of likely N-dealkylation sites (N-methyl/N-ethyl adjacent to an activating group) is 1. The minimum atomic E-state index is -1.04. The summed E-state index contributed by atoms with van der Waals surface area (Å²) in [6, 6.07) is 9.29. The van der Waals surface area contributed by atoms with Crippen molar-refractivity contribution in [3.05, 3.63) is 77.2 Å². The number of H-pyrrole nitrogens is 1.